The molecule has 2 heterocycles. The number of rotatable bonds is 4. The van der Waals surface area contributed by atoms with Crippen LogP contribution in [0.2, 0.25) is 0 Å². The van der Waals surface area contributed by atoms with Gasteiger partial charge in [0.05, 0.1) is 6.61 Å². The number of aromatic nitrogens is 2. The maximum absolute atomic E-state index is 12.0. The van der Waals surface area contributed by atoms with Gasteiger partial charge in [0.1, 0.15) is 11.5 Å². The summed E-state index contributed by atoms with van der Waals surface area (Å²) in [6.45, 7) is 3.81. The molecule has 0 atom stereocenters. The van der Waals surface area contributed by atoms with E-state index in [2.05, 4.69) is 15.3 Å². The van der Waals surface area contributed by atoms with Crippen LogP contribution in [0.5, 0.6) is 0 Å². The number of aryl methyl sites for hydroxylation is 1. The van der Waals surface area contributed by atoms with Gasteiger partial charge in [0.2, 0.25) is 5.01 Å². The average Bonchev–Trinajstić information content (AvgIpc) is 2.88. The Morgan fingerprint density at radius 2 is 2.15 bits per heavy atom. The van der Waals surface area contributed by atoms with Crippen LogP contribution in [0.25, 0.3) is 0 Å². The van der Waals surface area contributed by atoms with Crippen molar-refractivity contribution in [2.45, 2.75) is 13.8 Å². The molecule has 20 heavy (non-hydrogen) atoms. The Balaban J connectivity index is 2.08. The van der Waals surface area contributed by atoms with E-state index in [1.54, 1.807) is 19.1 Å². The number of hydrogen-bond acceptors (Lipinski definition) is 6. The van der Waals surface area contributed by atoms with Crippen molar-refractivity contribution >= 4 is 29.0 Å². The average molecular weight is 291 g/mol. The van der Waals surface area contributed by atoms with E-state index in [0.717, 1.165) is 17.0 Å². The fourth-order valence-corrected chi connectivity index (χ4v) is 2.15. The molecule has 1 amide bonds. The van der Waals surface area contributed by atoms with E-state index in [1.165, 1.54) is 5.38 Å². The Bertz CT molecular complexity index is 639. The molecule has 2 aromatic heterocycles. The lowest BCUT2D eigenvalue weighted by atomic mass is 10.3. The van der Waals surface area contributed by atoms with Gasteiger partial charge < -0.3 is 10.1 Å². The van der Waals surface area contributed by atoms with Crippen LogP contribution < -0.4 is 5.32 Å². The van der Waals surface area contributed by atoms with Crippen LogP contribution in [0.1, 0.15) is 32.9 Å². The number of anilines is 1. The van der Waals surface area contributed by atoms with Crippen molar-refractivity contribution < 1.29 is 14.3 Å². The summed E-state index contributed by atoms with van der Waals surface area (Å²) >= 11 is 1.07. The van der Waals surface area contributed by atoms with Crippen molar-refractivity contribution in [1.82, 2.24) is 9.97 Å². The van der Waals surface area contributed by atoms with Gasteiger partial charge in [-0.25, -0.2) is 14.8 Å². The molecule has 0 unspecified atom stereocenters. The number of hydrogen-bond donors (Lipinski definition) is 1. The third-order valence-electron chi connectivity index (χ3n) is 2.32. The molecule has 2 rings (SSSR count). The summed E-state index contributed by atoms with van der Waals surface area (Å²) in [5.41, 5.74) is 0.967. The summed E-state index contributed by atoms with van der Waals surface area (Å²) in [7, 11) is 0. The molecule has 6 nitrogen and oxygen atoms in total. The Morgan fingerprint density at radius 1 is 1.35 bits per heavy atom. The summed E-state index contributed by atoms with van der Waals surface area (Å²) in [6.07, 6.45) is 0. The Labute approximate surface area is 119 Å². The van der Waals surface area contributed by atoms with Crippen molar-refractivity contribution in [1.29, 1.82) is 0 Å². The fraction of sp³-hybridized carbons (Fsp3) is 0.231. The minimum absolute atomic E-state index is 0.161. The van der Waals surface area contributed by atoms with Crippen LogP contribution in [-0.2, 0) is 4.74 Å². The SMILES string of the molecule is CCOC(=O)c1nc(C(=O)Nc2cccc(C)n2)cs1. The Morgan fingerprint density at radius 3 is 2.85 bits per heavy atom. The topological polar surface area (TPSA) is 81.2 Å². The largest absolute Gasteiger partial charge is 0.461 e. The quantitative estimate of drug-likeness (QED) is 0.874. The normalized spacial score (nSPS) is 10.1. The molecule has 0 spiro atoms. The van der Waals surface area contributed by atoms with E-state index >= 15 is 0 Å². The molecule has 0 bridgehead atoms. The molecule has 0 fully saturated rings. The number of pyridine rings is 1. The first-order chi connectivity index (χ1) is 9.60. The molecule has 7 heteroatoms. The molecule has 1 N–H and O–H groups in total. The van der Waals surface area contributed by atoms with Crippen LogP contribution >= 0.6 is 11.3 Å². The van der Waals surface area contributed by atoms with Gasteiger partial charge in [-0.05, 0) is 26.0 Å². The molecule has 0 aliphatic rings. The number of amides is 1. The molecule has 0 aliphatic carbocycles. The highest BCUT2D eigenvalue weighted by molar-refractivity contribution is 7.11. The number of nitrogens with one attached hydrogen (secondary N) is 1. The zero-order valence-electron chi connectivity index (χ0n) is 11.0. The molecule has 0 radical (unpaired) electrons. The maximum Gasteiger partial charge on any atom is 0.367 e. The van der Waals surface area contributed by atoms with Crippen molar-refractivity contribution in [3.8, 4) is 0 Å². The molecular weight excluding hydrogens is 278 g/mol. The highest BCUT2D eigenvalue weighted by Crippen LogP contribution is 2.13. The first kappa shape index (κ1) is 14.1. The summed E-state index contributed by atoms with van der Waals surface area (Å²) in [4.78, 5) is 31.5. The summed E-state index contributed by atoms with van der Waals surface area (Å²) in [6, 6.07) is 5.31. The van der Waals surface area contributed by atoms with Crippen LogP contribution in [-0.4, -0.2) is 28.5 Å². The molecule has 0 aromatic carbocycles. The van der Waals surface area contributed by atoms with E-state index in [-0.39, 0.29) is 17.3 Å². The minimum Gasteiger partial charge on any atom is -0.461 e. The van der Waals surface area contributed by atoms with Crippen molar-refractivity contribution in [3.63, 3.8) is 0 Å². The summed E-state index contributed by atoms with van der Waals surface area (Å²) in [5.74, 6) is -0.485. The van der Waals surface area contributed by atoms with Gasteiger partial charge in [-0.15, -0.1) is 11.3 Å². The fourth-order valence-electron chi connectivity index (χ4n) is 1.46. The van der Waals surface area contributed by atoms with Crippen molar-refractivity contribution in [2.24, 2.45) is 0 Å². The number of thiazole rings is 1. The summed E-state index contributed by atoms with van der Waals surface area (Å²) in [5, 5.41) is 4.30. The molecule has 0 saturated heterocycles. The van der Waals surface area contributed by atoms with E-state index < -0.39 is 11.9 Å². The van der Waals surface area contributed by atoms with Gasteiger partial charge >= 0.3 is 5.97 Å². The number of esters is 1. The first-order valence-corrected chi connectivity index (χ1v) is 6.85. The minimum atomic E-state index is -0.523. The predicted octanol–water partition coefficient (Wildman–Crippen LogP) is 2.28. The molecule has 2 aromatic rings. The van der Waals surface area contributed by atoms with E-state index in [9.17, 15) is 9.59 Å². The van der Waals surface area contributed by atoms with Crippen LogP contribution in [0.15, 0.2) is 23.6 Å². The number of ether oxygens (including phenoxy) is 1. The third-order valence-corrected chi connectivity index (χ3v) is 3.14. The lowest BCUT2D eigenvalue weighted by Gasteiger charge is -2.02. The van der Waals surface area contributed by atoms with E-state index in [1.807, 2.05) is 13.0 Å². The first-order valence-electron chi connectivity index (χ1n) is 5.98. The monoisotopic (exact) mass is 291 g/mol. The zero-order chi connectivity index (χ0) is 14.5. The Hall–Kier alpha value is -2.28. The second-order valence-corrected chi connectivity index (χ2v) is 4.73. The van der Waals surface area contributed by atoms with E-state index in [0.29, 0.717) is 5.82 Å². The summed E-state index contributed by atoms with van der Waals surface area (Å²) < 4.78 is 4.82. The lowest BCUT2D eigenvalue weighted by Crippen LogP contribution is -2.14. The second kappa shape index (κ2) is 6.25. The van der Waals surface area contributed by atoms with Crippen LogP contribution in [0.3, 0.4) is 0 Å². The van der Waals surface area contributed by atoms with Crippen molar-refractivity contribution in [2.75, 3.05) is 11.9 Å². The van der Waals surface area contributed by atoms with Gasteiger partial charge in [-0.3, -0.25) is 4.79 Å². The van der Waals surface area contributed by atoms with Gasteiger partial charge in [0, 0.05) is 11.1 Å². The van der Waals surface area contributed by atoms with E-state index in [4.69, 9.17) is 4.74 Å². The Kier molecular flexibility index (Phi) is 4.41. The molecule has 0 aliphatic heterocycles. The number of carbonyl (C=O) groups excluding carboxylic acids is 2. The third kappa shape index (κ3) is 3.39. The van der Waals surface area contributed by atoms with Crippen LogP contribution in [0.4, 0.5) is 5.82 Å². The zero-order valence-corrected chi connectivity index (χ0v) is 11.9. The van der Waals surface area contributed by atoms with Gasteiger partial charge in [0.15, 0.2) is 0 Å². The standard InChI is InChI=1S/C13H13N3O3S/c1-3-19-13(18)12-15-9(7-20-12)11(17)16-10-6-4-5-8(2)14-10/h4-7H,3H2,1-2H3,(H,14,16,17). The van der Waals surface area contributed by atoms with Crippen LogP contribution in [0, 0.1) is 6.92 Å². The lowest BCUT2D eigenvalue weighted by molar-refractivity contribution is 0.0526. The smallest absolute Gasteiger partial charge is 0.367 e. The number of carbonyl (C=O) groups is 2. The molecular formula is C13H13N3O3S. The number of nitrogens with zero attached hydrogens (tertiary/aromatic N) is 2. The second-order valence-electron chi connectivity index (χ2n) is 3.88. The molecule has 0 saturated carbocycles. The van der Waals surface area contributed by atoms with Gasteiger partial charge in [0.25, 0.3) is 5.91 Å². The van der Waals surface area contributed by atoms with Gasteiger partial charge in [-0.1, -0.05) is 6.07 Å². The highest BCUT2D eigenvalue weighted by Gasteiger charge is 2.16. The highest BCUT2D eigenvalue weighted by atomic mass is 32.1. The van der Waals surface area contributed by atoms with Crippen molar-refractivity contribution in [3.05, 3.63) is 40.0 Å². The van der Waals surface area contributed by atoms with Gasteiger partial charge in [-0.2, -0.15) is 0 Å². The maximum atomic E-state index is 12.0. The predicted molar refractivity (Wildman–Crippen MR) is 75.0 cm³/mol. The molecule has 104 valence electrons.